The third kappa shape index (κ3) is 2.73. The van der Waals surface area contributed by atoms with E-state index in [1.54, 1.807) is 0 Å². The van der Waals surface area contributed by atoms with Crippen LogP contribution in [0.4, 0.5) is 0 Å². The average molecular weight is 289 g/mol. The third-order valence-electron chi connectivity index (χ3n) is 1.19. The van der Waals surface area contributed by atoms with Crippen molar-refractivity contribution >= 4 is 87.6 Å². The Kier molecular flexibility index (Phi) is 6.15. The summed E-state index contributed by atoms with van der Waals surface area (Å²) in [4.78, 5) is 0. The van der Waals surface area contributed by atoms with E-state index < -0.39 is 0 Å². The van der Waals surface area contributed by atoms with Gasteiger partial charge in [-0.15, -0.1) is 0 Å². The van der Waals surface area contributed by atoms with Gasteiger partial charge in [0, 0.05) is 29.6 Å². The van der Waals surface area contributed by atoms with Crippen molar-refractivity contribution in [1.82, 2.24) is 0 Å². The Hall–Kier alpha value is 1.47. The number of benzene rings is 1. The predicted octanol–water partition coefficient (Wildman–Crippen LogP) is 4.28. The molecule has 0 spiro atoms. The molecule has 0 aromatic heterocycles. The predicted molar refractivity (Wildman–Crippen MR) is 58.9 cm³/mol. The molecule has 1 rings (SSSR count). The first-order valence-corrected chi connectivity index (χ1v) is 4.56. The first-order valence-electron chi connectivity index (χ1n) is 2.67. The van der Waals surface area contributed by atoms with Gasteiger partial charge in [0.25, 0.3) is 0 Å². The minimum atomic E-state index is -0.363. The van der Waals surface area contributed by atoms with Crippen molar-refractivity contribution in [1.29, 1.82) is 0 Å². The Bertz CT molecular complexity index is 235. The molecule has 1 aromatic rings. The molecule has 0 unspecified atom stereocenters. The molecule has 0 aliphatic rings. The number of phenolic OH excluding ortho intramolecular Hbond substituents is 1. The molecule has 0 amide bonds. The maximum atomic E-state index is 9.20. The van der Waals surface area contributed by atoms with Crippen LogP contribution in [-0.2, 0) is 0 Å². The van der Waals surface area contributed by atoms with Crippen LogP contribution in [0.25, 0.3) is 0 Å². The van der Waals surface area contributed by atoms with Gasteiger partial charge in [-0.05, 0) is 0 Å². The van der Waals surface area contributed by atoms with E-state index in [4.69, 9.17) is 58.0 Å². The molecule has 1 nitrogen and oxygen atoms in total. The zero-order valence-corrected chi connectivity index (χ0v) is 12.1. The fourth-order valence-electron chi connectivity index (χ4n) is 0.593. The van der Waals surface area contributed by atoms with Crippen LogP contribution in [0.3, 0.4) is 0 Å². The van der Waals surface area contributed by atoms with Crippen LogP contribution < -0.4 is 0 Å². The summed E-state index contributed by atoms with van der Waals surface area (Å²) in [7, 11) is 0. The number of aromatic hydroxyl groups is 1. The molecule has 0 bridgehead atoms. The van der Waals surface area contributed by atoms with E-state index in [9.17, 15) is 5.11 Å². The molecule has 0 fully saturated rings. The largest absolute Gasteiger partial charge is 0.505 e. The Morgan fingerprint density at radius 3 is 1.15 bits per heavy atom. The Morgan fingerprint density at radius 2 is 0.846 bits per heavy atom. The second-order valence-corrected chi connectivity index (χ2v) is 3.81. The summed E-state index contributed by atoms with van der Waals surface area (Å²) >= 11 is 27.9. The van der Waals surface area contributed by atoms with Gasteiger partial charge in [0.2, 0.25) is 0 Å². The van der Waals surface area contributed by atoms with Crippen LogP contribution in [-0.4, -0.2) is 34.7 Å². The van der Waals surface area contributed by atoms with Crippen molar-refractivity contribution in [3.63, 3.8) is 0 Å². The van der Waals surface area contributed by atoms with Crippen LogP contribution in [0.5, 0.6) is 5.75 Å². The minimum Gasteiger partial charge on any atom is -0.505 e. The van der Waals surface area contributed by atoms with E-state index in [1.807, 2.05) is 0 Å². The monoisotopic (exact) mass is 287 g/mol. The van der Waals surface area contributed by atoms with Gasteiger partial charge >= 0.3 is 0 Å². The zero-order chi connectivity index (χ0) is 9.46. The number of halogens is 5. The molecule has 0 aliphatic carbocycles. The van der Waals surface area contributed by atoms with Crippen LogP contribution in [0, 0.1) is 0 Å². The quantitative estimate of drug-likeness (QED) is 0.429. The number of hydrogen-bond acceptors (Lipinski definition) is 1. The summed E-state index contributed by atoms with van der Waals surface area (Å²) < 4.78 is 0. The van der Waals surface area contributed by atoms with Crippen molar-refractivity contribution in [3.05, 3.63) is 25.1 Å². The first kappa shape index (κ1) is 14.5. The molecule has 67 valence electrons. The SMILES string of the molecule is Oc1c(Cl)c(Cl)c(Cl)c(Cl)c1Cl.[Na]. The molecule has 0 saturated heterocycles. The molecule has 13 heavy (non-hydrogen) atoms. The summed E-state index contributed by atoms with van der Waals surface area (Å²) in [5, 5.41) is 9.01. The van der Waals surface area contributed by atoms with E-state index in [1.165, 1.54) is 0 Å². The summed E-state index contributed by atoms with van der Waals surface area (Å²) in [5.74, 6) is -0.363. The maximum Gasteiger partial charge on any atom is 0.155 e. The van der Waals surface area contributed by atoms with Gasteiger partial charge in [-0.2, -0.15) is 0 Å². The van der Waals surface area contributed by atoms with E-state index in [2.05, 4.69) is 0 Å². The minimum absolute atomic E-state index is 0. The molecular formula is C6HCl5NaO. The summed E-state index contributed by atoms with van der Waals surface area (Å²) in [5.41, 5.74) is 0. The average Bonchev–Trinajstić information content (AvgIpc) is 2.08. The topological polar surface area (TPSA) is 20.2 Å². The molecule has 1 N–H and O–H groups in total. The van der Waals surface area contributed by atoms with Crippen LogP contribution in [0.15, 0.2) is 0 Å². The van der Waals surface area contributed by atoms with Crippen molar-refractivity contribution in [2.24, 2.45) is 0 Å². The van der Waals surface area contributed by atoms with Crippen molar-refractivity contribution in [3.8, 4) is 5.75 Å². The summed E-state index contributed by atoms with van der Waals surface area (Å²) in [6.45, 7) is 0. The normalized spacial score (nSPS) is 9.62. The number of rotatable bonds is 0. The fourth-order valence-corrected chi connectivity index (χ4v) is 1.72. The molecule has 0 heterocycles. The van der Waals surface area contributed by atoms with Gasteiger partial charge in [-0.25, -0.2) is 0 Å². The number of phenols is 1. The molecule has 0 aliphatic heterocycles. The van der Waals surface area contributed by atoms with E-state index in [-0.39, 0.29) is 60.4 Å². The zero-order valence-electron chi connectivity index (χ0n) is 6.34. The smallest absolute Gasteiger partial charge is 0.155 e. The van der Waals surface area contributed by atoms with Gasteiger partial charge in [0.05, 0.1) is 15.1 Å². The van der Waals surface area contributed by atoms with Crippen LogP contribution in [0.1, 0.15) is 0 Å². The molecule has 0 saturated carbocycles. The van der Waals surface area contributed by atoms with Crippen molar-refractivity contribution in [2.45, 2.75) is 0 Å². The van der Waals surface area contributed by atoms with E-state index in [0.29, 0.717) is 0 Å². The van der Waals surface area contributed by atoms with Gasteiger partial charge in [0.15, 0.2) is 5.75 Å². The molecule has 1 radical (unpaired) electrons. The van der Waals surface area contributed by atoms with Crippen LogP contribution in [0.2, 0.25) is 25.1 Å². The Morgan fingerprint density at radius 1 is 0.615 bits per heavy atom. The first-order chi connectivity index (χ1) is 5.46. The molecule has 0 atom stereocenters. The standard InChI is InChI=1S/C6HCl5O.Na/c7-1-2(8)4(10)6(12)5(11)3(1)9;/h12H;. The van der Waals surface area contributed by atoms with Crippen molar-refractivity contribution < 1.29 is 5.11 Å². The summed E-state index contributed by atoms with van der Waals surface area (Å²) in [6.07, 6.45) is 0. The van der Waals surface area contributed by atoms with Gasteiger partial charge in [-0.3, -0.25) is 0 Å². The van der Waals surface area contributed by atoms with E-state index in [0.717, 1.165) is 0 Å². The van der Waals surface area contributed by atoms with Crippen LogP contribution >= 0.6 is 58.0 Å². The van der Waals surface area contributed by atoms with Gasteiger partial charge in [-0.1, -0.05) is 58.0 Å². The van der Waals surface area contributed by atoms with Crippen molar-refractivity contribution in [2.75, 3.05) is 0 Å². The number of hydrogen-bond donors (Lipinski definition) is 1. The summed E-state index contributed by atoms with van der Waals surface area (Å²) in [6, 6.07) is 0. The Balaban J connectivity index is 0.00000144. The van der Waals surface area contributed by atoms with E-state index >= 15 is 0 Å². The molecule has 1 aromatic carbocycles. The van der Waals surface area contributed by atoms with Gasteiger partial charge < -0.3 is 5.11 Å². The second kappa shape index (κ2) is 5.53. The maximum absolute atomic E-state index is 9.20. The molecular weight excluding hydrogens is 288 g/mol. The Labute approximate surface area is 122 Å². The fraction of sp³-hybridized carbons (Fsp3) is 0. The van der Waals surface area contributed by atoms with Gasteiger partial charge in [0.1, 0.15) is 10.0 Å². The third-order valence-corrected chi connectivity index (χ3v) is 3.44. The second-order valence-electron chi connectivity index (χ2n) is 1.92. The molecule has 7 heteroatoms.